The Morgan fingerprint density at radius 3 is 2.57 bits per heavy atom. The fraction of sp³-hybridized carbons (Fsp3) is 0.133. The van der Waals surface area contributed by atoms with Crippen molar-refractivity contribution in [2.24, 2.45) is 0 Å². The van der Waals surface area contributed by atoms with Gasteiger partial charge in [0.2, 0.25) is 0 Å². The fourth-order valence-electron chi connectivity index (χ4n) is 2.46. The molecule has 21 heavy (non-hydrogen) atoms. The van der Waals surface area contributed by atoms with Crippen LogP contribution in [0.2, 0.25) is 0 Å². The lowest BCUT2D eigenvalue weighted by molar-refractivity contribution is -0.115. The Labute approximate surface area is 127 Å². The molecule has 0 aromatic carbocycles. The minimum atomic E-state index is -0.200. The van der Waals surface area contributed by atoms with Gasteiger partial charge in [-0.05, 0) is 55.9 Å². The highest BCUT2D eigenvalue weighted by atomic mass is 32.1. The van der Waals surface area contributed by atoms with Crippen LogP contribution in [0.3, 0.4) is 0 Å². The SMILES string of the molecule is Cc1cc(C=C2NC(=S)NC2=O)c(C)n1-c1ccncc1. The van der Waals surface area contributed by atoms with Gasteiger partial charge < -0.3 is 9.88 Å². The van der Waals surface area contributed by atoms with E-state index in [-0.39, 0.29) is 5.91 Å². The van der Waals surface area contributed by atoms with Gasteiger partial charge in [0.15, 0.2) is 5.11 Å². The number of rotatable bonds is 2. The first-order valence-corrected chi connectivity index (χ1v) is 6.90. The topological polar surface area (TPSA) is 58.9 Å². The van der Waals surface area contributed by atoms with Gasteiger partial charge in [-0.2, -0.15) is 0 Å². The minimum absolute atomic E-state index is 0.200. The number of hydrogen-bond acceptors (Lipinski definition) is 3. The Morgan fingerprint density at radius 2 is 1.95 bits per heavy atom. The summed E-state index contributed by atoms with van der Waals surface area (Å²) in [5.41, 5.74) is 4.63. The second-order valence-electron chi connectivity index (χ2n) is 4.83. The second-order valence-corrected chi connectivity index (χ2v) is 5.24. The van der Waals surface area contributed by atoms with Gasteiger partial charge in [-0.3, -0.25) is 15.1 Å². The average Bonchev–Trinajstić information content (AvgIpc) is 2.91. The van der Waals surface area contributed by atoms with E-state index in [4.69, 9.17) is 12.2 Å². The van der Waals surface area contributed by atoms with Crippen LogP contribution in [0.5, 0.6) is 0 Å². The van der Waals surface area contributed by atoms with E-state index in [0.717, 1.165) is 22.6 Å². The van der Waals surface area contributed by atoms with Gasteiger partial charge in [0.05, 0.1) is 0 Å². The molecule has 5 nitrogen and oxygen atoms in total. The highest BCUT2D eigenvalue weighted by Gasteiger charge is 2.21. The standard InChI is InChI=1S/C15H14N4OS/c1-9-7-11(8-13-14(20)18-15(21)17-13)10(2)19(9)12-3-5-16-6-4-12/h3-8H,1-2H3,(H2,17,18,20,21). The Hall–Kier alpha value is -2.47. The van der Waals surface area contributed by atoms with Crippen molar-refractivity contribution in [1.82, 2.24) is 20.2 Å². The summed E-state index contributed by atoms with van der Waals surface area (Å²) in [6.07, 6.45) is 5.34. The van der Waals surface area contributed by atoms with Crippen LogP contribution >= 0.6 is 12.2 Å². The van der Waals surface area contributed by atoms with Gasteiger partial charge in [0.1, 0.15) is 5.70 Å². The summed E-state index contributed by atoms with van der Waals surface area (Å²) in [6.45, 7) is 4.05. The van der Waals surface area contributed by atoms with Crippen molar-refractivity contribution in [3.8, 4) is 5.69 Å². The number of aryl methyl sites for hydroxylation is 1. The van der Waals surface area contributed by atoms with Gasteiger partial charge in [-0.1, -0.05) is 0 Å². The molecule has 2 aromatic heterocycles. The minimum Gasteiger partial charge on any atom is -0.328 e. The Balaban J connectivity index is 2.05. The quantitative estimate of drug-likeness (QED) is 0.656. The number of carbonyl (C=O) groups is 1. The maximum absolute atomic E-state index is 11.7. The van der Waals surface area contributed by atoms with E-state index in [1.54, 1.807) is 12.4 Å². The molecule has 3 rings (SSSR count). The van der Waals surface area contributed by atoms with Crippen molar-refractivity contribution in [2.45, 2.75) is 13.8 Å². The van der Waals surface area contributed by atoms with E-state index in [2.05, 4.69) is 20.2 Å². The van der Waals surface area contributed by atoms with Crippen LogP contribution in [0.1, 0.15) is 17.0 Å². The lowest BCUT2D eigenvalue weighted by Crippen LogP contribution is -2.21. The first kappa shape index (κ1) is 13.5. The van der Waals surface area contributed by atoms with E-state index in [9.17, 15) is 4.79 Å². The molecule has 2 aromatic rings. The molecule has 0 bridgehead atoms. The van der Waals surface area contributed by atoms with E-state index in [1.807, 2.05) is 38.1 Å². The Bertz CT molecular complexity index is 761. The normalized spacial score (nSPS) is 16.2. The van der Waals surface area contributed by atoms with Crippen LogP contribution in [0.4, 0.5) is 0 Å². The molecule has 0 aliphatic carbocycles. The van der Waals surface area contributed by atoms with Gasteiger partial charge in [0, 0.05) is 29.5 Å². The van der Waals surface area contributed by atoms with Crippen LogP contribution in [-0.2, 0) is 4.79 Å². The molecule has 0 radical (unpaired) electrons. The molecule has 1 aliphatic rings. The zero-order valence-corrected chi connectivity index (χ0v) is 12.5. The zero-order valence-electron chi connectivity index (χ0n) is 11.7. The van der Waals surface area contributed by atoms with Crippen molar-refractivity contribution >= 4 is 29.3 Å². The fourth-order valence-corrected chi connectivity index (χ4v) is 2.66. The third kappa shape index (κ3) is 2.45. The van der Waals surface area contributed by atoms with Crippen molar-refractivity contribution in [3.05, 3.63) is 53.2 Å². The van der Waals surface area contributed by atoms with Crippen LogP contribution in [0.25, 0.3) is 11.8 Å². The summed E-state index contributed by atoms with van der Waals surface area (Å²) in [7, 11) is 0. The molecule has 1 saturated heterocycles. The maximum atomic E-state index is 11.7. The molecular weight excluding hydrogens is 284 g/mol. The first-order valence-electron chi connectivity index (χ1n) is 6.49. The van der Waals surface area contributed by atoms with E-state index >= 15 is 0 Å². The molecule has 1 amide bonds. The van der Waals surface area contributed by atoms with Crippen LogP contribution in [0, 0.1) is 13.8 Å². The third-order valence-corrected chi connectivity index (χ3v) is 3.62. The largest absolute Gasteiger partial charge is 0.328 e. The van der Waals surface area contributed by atoms with Crippen LogP contribution < -0.4 is 10.6 Å². The lowest BCUT2D eigenvalue weighted by atomic mass is 10.2. The number of aromatic nitrogens is 2. The molecule has 0 unspecified atom stereocenters. The Morgan fingerprint density at radius 1 is 1.24 bits per heavy atom. The molecule has 6 heteroatoms. The number of amides is 1. The summed E-state index contributed by atoms with van der Waals surface area (Å²) in [5, 5.41) is 5.76. The molecule has 1 fully saturated rings. The molecular formula is C15H14N4OS. The lowest BCUT2D eigenvalue weighted by Gasteiger charge is -2.08. The van der Waals surface area contributed by atoms with Crippen molar-refractivity contribution in [3.63, 3.8) is 0 Å². The molecule has 106 valence electrons. The number of nitrogens with zero attached hydrogens (tertiary/aromatic N) is 2. The molecule has 2 N–H and O–H groups in total. The number of nitrogens with one attached hydrogen (secondary N) is 2. The summed E-state index contributed by atoms with van der Waals surface area (Å²) in [6, 6.07) is 5.94. The molecule has 0 atom stereocenters. The Kier molecular flexibility index (Phi) is 3.31. The van der Waals surface area contributed by atoms with Crippen LogP contribution in [-0.4, -0.2) is 20.6 Å². The van der Waals surface area contributed by atoms with E-state index in [1.165, 1.54) is 0 Å². The highest BCUT2D eigenvalue weighted by Crippen LogP contribution is 2.22. The number of hydrogen-bond donors (Lipinski definition) is 2. The highest BCUT2D eigenvalue weighted by molar-refractivity contribution is 7.80. The number of carbonyl (C=O) groups excluding carboxylic acids is 1. The van der Waals surface area contributed by atoms with Crippen molar-refractivity contribution in [1.29, 1.82) is 0 Å². The maximum Gasteiger partial charge on any atom is 0.273 e. The molecule has 3 heterocycles. The first-order chi connectivity index (χ1) is 10.1. The summed E-state index contributed by atoms with van der Waals surface area (Å²) < 4.78 is 2.12. The summed E-state index contributed by atoms with van der Waals surface area (Å²) in [4.78, 5) is 15.8. The number of pyridine rings is 1. The predicted octanol–water partition coefficient (Wildman–Crippen LogP) is 1.83. The van der Waals surface area contributed by atoms with Crippen molar-refractivity contribution in [2.75, 3.05) is 0 Å². The predicted molar refractivity (Wildman–Crippen MR) is 84.9 cm³/mol. The van der Waals surface area contributed by atoms with E-state index in [0.29, 0.717) is 10.8 Å². The molecule has 1 aliphatic heterocycles. The summed E-state index contributed by atoms with van der Waals surface area (Å²) in [5.74, 6) is -0.200. The third-order valence-electron chi connectivity index (χ3n) is 3.41. The molecule has 0 saturated carbocycles. The van der Waals surface area contributed by atoms with E-state index < -0.39 is 0 Å². The summed E-state index contributed by atoms with van der Waals surface area (Å²) >= 11 is 4.93. The van der Waals surface area contributed by atoms with Gasteiger partial charge >= 0.3 is 0 Å². The number of thiocarbonyl (C=S) groups is 1. The van der Waals surface area contributed by atoms with Gasteiger partial charge in [-0.15, -0.1) is 0 Å². The zero-order chi connectivity index (χ0) is 15.0. The monoisotopic (exact) mass is 298 g/mol. The molecule has 0 spiro atoms. The van der Waals surface area contributed by atoms with Crippen LogP contribution in [0.15, 0.2) is 36.3 Å². The van der Waals surface area contributed by atoms with Gasteiger partial charge in [-0.25, -0.2) is 0 Å². The van der Waals surface area contributed by atoms with Gasteiger partial charge in [0.25, 0.3) is 5.91 Å². The second kappa shape index (κ2) is 5.14. The average molecular weight is 298 g/mol. The van der Waals surface area contributed by atoms with Crippen molar-refractivity contribution < 1.29 is 4.79 Å². The smallest absolute Gasteiger partial charge is 0.273 e.